The molecule has 4 rings (SSSR count). The number of benzene rings is 1. The number of amides is 1. The predicted octanol–water partition coefficient (Wildman–Crippen LogP) is 1.72. The van der Waals surface area contributed by atoms with Crippen molar-refractivity contribution in [2.75, 3.05) is 39.4 Å². The molecule has 0 aliphatic carbocycles. The van der Waals surface area contributed by atoms with E-state index in [-0.39, 0.29) is 11.5 Å². The molecule has 1 aromatic heterocycles. The molecule has 7 nitrogen and oxygen atoms in total. The first-order valence-corrected chi connectivity index (χ1v) is 9.75. The highest BCUT2D eigenvalue weighted by molar-refractivity contribution is 5.83. The maximum atomic E-state index is 12.7. The quantitative estimate of drug-likeness (QED) is 0.745. The highest BCUT2D eigenvalue weighted by atomic mass is 16.5. The molecule has 2 saturated heterocycles. The summed E-state index contributed by atoms with van der Waals surface area (Å²) in [6.07, 6.45) is -0.596. The van der Waals surface area contributed by atoms with Crippen molar-refractivity contribution in [1.29, 1.82) is 0 Å². The van der Waals surface area contributed by atoms with Crippen LogP contribution in [0.25, 0.3) is 11.0 Å². The Balaban J connectivity index is 1.39. The van der Waals surface area contributed by atoms with E-state index in [9.17, 15) is 9.59 Å². The van der Waals surface area contributed by atoms with Crippen LogP contribution in [0.2, 0.25) is 0 Å². The van der Waals surface area contributed by atoms with E-state index >= 15 is 0 Å². The highest BCUT2D eigenvalue weighted by Gasteiger charge is 2.37. The van der Waals surface area contributed by atoms with Gasteiger partial charge in [-0.1, -0.05) is 0 Å². The van der Waals surface area contributed by atoms with Gasteiger partial charge in [0.15, 0.2) is 6.10 Å². The van der Waals surface area contributed by atoms with Crippen LogP contribution in [0.15, 0.2) is 27.4 Å². The zero-order valence-corrected chi connectivity index (χ0v) is 16.6. The predicted molar refractivity (Wildman–Crippen MR) is 105 cm³/mol. The lowest BCUT2D eigenvalue weighted by molar-refractivity contribution is -0.146. The summed E-state index contributed by atoms with van der Waals surface area (Å²) in [5.74, 6) is 0.496. The van der Waals surface area contributed by atoms with Crippen LogP contribution in [0.3, 0.4) is 0 Å². The second-order valence-electron chi connectivity index (χ2n) is 7.60. The number of hydrogen-bond acceptors (Lipinski definition) is 6. The van der Waals surface area contributed by atoms with Crippen molar-refractivity contribution in [3.8, 4) is 5.75 Å². The van der Waals surface area contributed by atoms with Crippen molar-refractivity contribution < 1.29 is 18.7 Å². The highest BCUT2D eigenvalue weighted by Crippen LogP contribution is 2.25. The van der Waals surface area contributed by atoms with Gasteiger partial charge in [0, 0.05) is 49.2 Å². The van der Waals surface area contributed by atoms with Gasteiger partial charge in [0.1, 0.15) is 11.3 Å². The van der Waals surface area contributed by atoms with Crippen molar-refractivity contribution in [2.24, 2.45) is 0 Å². The van der Waals surface area contributed by atoms with Gasteiger partial charge in [-0.25, -0.2) is 4.79 Å². The lowest BCUT2D eigenvalue weighted by Crippen LogP contribution is -2.64. The molecule has 1 atom stereocenters. The Hall–Kier alpha value is -2.38. The molecular weight excluding hydrogens is 360 g/mol. The van der Waals surface area contributed by atoms with Gasteiger partial charge in [-0.05, 0) is 38.5 Å². The minimum atomic E-state index is -0.596. The van der Waals surface area contributed by atoms with Crippen molar-refractivity contribution in [2.45, 2.75) is 32.9 Å². The van der Waals surface area contributed by atoms with Crippen molar-refractivity contribution in [3.63, 3.8) is 0 Å². The van der Waals surface area contributed by atoms with Gasteiger partial charge >= 0.3 is 5.63 Å². The Morgan fingerprint density at radius 2 is 1.89 bits per heavy atom. The molecule has 2 fully saturated rings. The Labute approximate surface area is 163 Å². The van der Waals surface area contributed by atoms with Gasteiger partial charge in [-0.2, -0.15) is 0 Å². The third-order valence-electron chi connectivity index (χ3n) is 5.83. The molecule has 2 aliphatic heterocycles. The lowest BCUT2D eigenvalue weighted by atomic mass is 10.1. The molecule has 2 aromatic rings. The zero-order chi connectivity index (χ0) is 19.8. The van der Waals surface area contributed by atoms with E-state index in [2.05, 4.69) is 4.90 Å². The normalized spacial score (nSPS) is 19.5. The molecule has 1 aromatic carbocycles. The summed E-state index contributed by atoms with van der Waals surface area (Å²) in [6, 6.07) is 5.77. The Bertz CT molecular complexity index is 942. The minimum absolute atomic E-state index is 0.0221. The number of hydrogen-bond donors (Lipinski definition) is 0. The number of carbonyl (C=O) groups excluding carboxylic acids is 1. The van der Waals surface area contributed by atoms with E-state index in [0.29, 0.717) is 22.9 Å². The van der Waals surface area contributed by atoms with Gasteiger partial charge in [-0.15, -0.1) is 0 Å². The second-order valence-corrected chi connectivity index (χ2v) is 7.60. The van der Waals surface area contributed by atoms with Crippen molar-refractivity contribution in [3.05, 3.63) is 39.7 Å². The topological polar surface area (TPSA) is 72.2 Å². The van der Waals surface area contributed by atoms with E-state index in [0.717, 1.165) is 50.3 Å². The Morgan fingerprint density at radius 3 is 2.61 bits per heavy atom. The van der Waals surface area contributed by atoms with E-state index in [1.807, 2.05) is 24.0 Å². The molecule has 0 radical (unpaired) electrons. The minimum Gasteiger partial charge on any atom is -0.481 e. The number of aryl methyl sites for hydroxylation is 1. The molecule has 28 heavy (non-hydrogen) atoms. The molecule has 0 N–H and O–H groups in total. The number of nitrogens with zero attached hydrogens (tertiary/aromatic N) is 2. The van der Waals surface area contributed by atoms with Gasteiger partial charge in [-0.3, -0.25) is 9.69 Å². The third kappa shape index (κ3) is 3.52. The summed E-state index contributed by atoms with van der Waals surface area (Å²) in [6.45, 7) is 10.3. The largest absolute Gasteiger partial charge is 0.481 e. The maximum Gasteiger partial charge on any atom is 0.339 e. The van der Waals surface area contributed by atoms with Gasteiger partial charge < -0.3 is 18.8 Å². The standard InChI is InChI=1S/C21H26N2O5/c1-13-14(2)21(25)28-19-10-17(4-5-18(13)19)27-15(3)20(24)23-11-16(12-23)22-6-8-26-9-7-22/h4-5,10,15-16H,6-9,11-12H2,1-3H3. The molecule has 3 heterocycles. The summed E-state index contributed by atoms with van der Waals surface area (Å²) >= 11 is 0. The molecule has 0 bridgehead atoms. The Kier molecular flexibility index (Phi) is 5.12. The first kappa shape index (κ1) is 19.0. The smallest absolute Gasteiger partial charge is 0.339 e. The van der Waals surface area contributed by atoms with Crippen LogP contribution < -0.4 is 10.4 Å². The van der Waals surface area contributed by atoms with E-state index in [1.165, 1.54) is 0 Å². The number of carbonyl (C=O) groups is 1. The number of morpholine rings is 1. The third-order valence-corrected chi connectivity index (χ3v) is 5.83. The lowest BCUT2D eigenvalue weighted by Gasteiger charge is -2.47. The van der Waals surface area contributed by atoms with Crippen molar-refractivity contribution in [1.82, 2.24) is 9.80 Å². The van der Waals surface area contributed by atoms with Crippen LogP contribution >= 0.6 is 0 Å². The fraction of sp³-hybridized carbons (Fsp3) is 0.524. The zero-order valence-electron chi connectivity index (χ0n) is 16.6. The molecule has 1 unspecified atom stereocenters. The van der Waals surface area contributed by atoms with Gasteiger partial charge in [0.05, 0.1) is 13.2 Å². The number of fused-ring (bicyclic) bond motifs is 1. The van der Waals surface area contributed by atoms with Crippen molar-refractivity contribution >= 4 is 16.9 Å². The van der Waals surface area contributed by atoms with Gasteiger partial charge in [0.2, 0.25) is 0 Å². The van der Waals surface area contributed by atoms with Crippen LogP contribution in [0.1, 0.15) is 18.1 Å². The summed E-state index contributed by atoms with van der Waals surface area (Å²) in [4.78, 5) is 28.8. The maximum absolute atomic E-state index is 12.7. The summed E-state index contributed by atoms with van der Waals surface area (Å²) in [5.41, 5.74) is 1.64. The molecule has 1 amide bonds. The molecule has 0 saturated carbocycles. The second kappa shape index (κ2) is 7.56. The SMILES string of the molecule is Cc1c(C)c2ccc(OC(C)C(=O)N3CC(N4CCOCC4)C3)cc2oc1=O. The average Bonchev–Trinajstić information content (AvgIpc) is 2.65. The van der Waals surface area contributed by atoms with Crippen LogP contribution in [0, 0.1) is 13.8 Å². The fourth-order valence-corrected chi connectivity index (χ4v) is 3.82. The molecule has 0 spiro atoms. The fourth-order valence-electron chi connectivity index (χ4n) is 3.82. The Morgan fingerprint density at radius 1 is 1.18 bits per heavy atom. The number of ether oxygens (including phenoxy) is 2. The van der Waals surface area contributed by atoms with Crippen LogP contribution in [-0.4, -0.2) is 67.2 Å². The number of rotatable bonds is 4. The number of likely N-dealkylation sites (tertiary alicyclic amines) is 1. The first-order chi connectivity index (χ1) is 13.4. The van der Waals surface area contributed by atoms with E-state index < -0.39 is 6.10 Å². The molecule has 7 heteroatoms. The van der Waals surface area contributed by atoms with Gasteiger partial charge in [0.25, 0.3) is 5.91 Å². The summed E-state index contributed by atoms with van der Waals surface area (Å²) < 4.78 is 16.6. The van der Waals surface area contributed by atoms with Crippen LogP contribution in [0.4, 0.5) is 0 Å². The average molecular weight is 386 g/mol. The summed E-state index contributed by atoms with van der Waals surface area (Å²) in [7, 11) is 0. The monoisotopic (exact) mass is 386 g/mol. The summed E-state index contributed by atoms with van der Waals surface area (Å²) in [5, 5.41) is 0.875. The van der Waals surface area contributed by atoms with Crippen LogP contribution in [-0.2, 0) is 9.53 Å². The first-order valence-electron chi connectivity index (χ1n) is 9.75. The van der Waals surface area contributed by atoms with E-state index in [1.54, 1.807) is 19.9 Å². The molecular formula is C21H26N2O5. The van der Waals surface area contributed by atoms with Crippen LogP contribution in [0.5, 0.6) is 5.75 Å². The van der Waals surface area contributed by atoms with E-state index in [4.69, 9.17) is 13.9 Å². The molecule has 150 valence electrons. The molecule has 2 aliphatic rings.